The number of benzene rings is 1. The molecule has 0 aliphatic carbocycles. The van der Waals surface area contributed by atoms with Crippen LogP contribution < -0.4 is 0 Å². The van der Waals surface area contributed by atoms with E-state index in [1.165, 1.54) is 6.07 Å². The number of hydrogen-bond acceptors (Lipinski definition) is 1. The lowest BCUT2D eigenvalue weighted by Gasteiger charge is -2.01. The van der Waals surface area contributed by atoms with Gasteiger partial charge < -0.3 is 0 Å². The first-order valence-electron chi connectivity index (χ1n) is 3.15. The third-order valence-corrected chi connectivity index (χ3v) is 2.70. The van der Waals surface area contributed by atoms with Crippen LogP contribution in [0.1, 0.15) is 5.56 Å². The molecule has 0 saturated carbocycles. The van der Waals surface area contributed by atoms with Gasteiger partial charge in [0.05, 0.1) is 17.0 Å². The van der Waals surface area contributed by atoms with Gasteiger partial charge in [-0.15, -0.1) is 0 Å². The van der Waals surface area contributed by atoms with Crippen molar-refractivity contribution in [2.45, 2.75) is 6.42 Å². The summed E-state index contributed by atoms with van der Waals surface area (Å²) in [7, 11) is 0. The summed E-state index contributed by atoms with van der Waals surface area (Å²) in [5.41, 5.74) is 0.665. The summed E-state index contributed by atoms with van der Waals surface area (Å²) in [6.07, 6.45) is 0.213. The van der Waals surface area contributed by atoms with Crippen LogP contribution in [-0.4, -0.2) is 0 Å². The smallest absolute Gasteiger partial charge is 0.137 e. The zero-order valence-electron chi connectivity index (χ0n) is 5.94. The molecule has 0 unspecified atom stereocenters. The molecule has 0 spiro atoms. The van der Waals surface area contributed by atoms with Crippen molar-refractivity contribution in [1.82, 2.24) is 0 Å². The Morgan fingerprint density at radius 3 is 2.58 bits per heavy atom. The summed E-state index contributed by atoms with van der Waals surface area (Å²) < 4.78 is 14.1. The van der Waals surface area contributed by atoms with E-state index < -0.39 is 0 Å². The minimum absolute atomic E-state index is 0.213. The Balaban J connectivity index is 3.16. The minimum Gasteiger partial charge on any atom is -0.206 e. The van der Waals surface area contributed by atoms with Crippen molar-refractivity contribution in [1.29, 1.82) is 5.26 Å². The highest BCUT2D eigenvalue weighted by Gasteiger charge is 2.05. The van der Waals surface area contributed by atoms with Crippen molar-refractivity contribution in [3.05, 3.63) is 32.5 Å². The third-order valence-electron chi connectivity index (χ3n) is 1.36. The highest BCUT2D eigenvalue weighted by atomic mass is 79.9. The molecule has 0 aliphatic heterocycles. The maximum atomic E-state index is 12.9. The van der Waals surface area contributed by atoms with Crippen LogP contribution in [0.5, 0.6) is 0 Å². The van der Waals surface area contributed by atoms with Crippen LogP contribution in [0.15, 0.2) is 21.1 Å². The average molecular weight is 293 g/mol. The second kappa shape index (κ2) is 4.01. The highest BCUT2D eigenvalue weighted by molar-refractivity contribution is 9.11. The van der Waals surface area contributed by atoms with Crippen LogP contribution in [0.3, 0.4) is 0 Å². The number of hydrogen-bond donors (Lipinski definition) is 0. The van der Waals surface area contributed by atoms with Crippen molar-refractivity contribution in [2.24, 2.45) is 0 Å². The maximum Gasteiger partial charge on any atom is 0.137 e. The van der Waals surface area contributed by atoms with E-state index in [4.69, 9.17) is 5.26 Å². The summed E-state index contributed by atoms with van der Waals surface area (Å²) >= 11 is 6.28. The molecule has 1 rings (SSSR count). The van der Waals surface area contributed by atoms with E-state index in [0.717, 1.165) is 4.47 Å². The fourth-order valence-electron chi connectivity index (χ4n) is 0.784. The van der Waals surface area contributed by atoms with Gasteiger partial charge in [0.25, 0.3) is 0 Å². The summed E-state index contributed by atoms with van der Waals surface area (Å²) in [4.78, 5) is 0. The molecule has 0 bridgehead atoms. The lowest BCUT2D eigenvalue weighted by molar-refractivity contribution is 0.619. The Morgan fingerprint density at radius 2 is 2.00 bits per heavy atom. The van der Waals surface area contributed by atoms with E-state index in [1.54, 1.807) is 6.07 Å². The monoisotopic (exact) mass is 291 g/mol. The van der Waals surface area contributed by atoms with Crippen LogP contribution >= 0.6 is 31.9 Å². The summed E-state index contributed by atoms with van der Waals surface area (Å²) in [6.45, 7) is 0. The predicted molar refractivity (Wildman–Crippen MR) is 51.1 cm³/mol. The molecule has 0 aliphatic rings. The van der Waals surface area contributed by atoms with Crippen LogP contribution in [0, 0.1) is 17.1 Å². The van der Waals surface area contributed by atoms with Gasteiger partial charge in [0.15, 0.2) is 0 Å². The predicted octanol–water partition coefficient (Wildman–Crippen LogP) is 3.42. The Bertz CT molecular complexity index is 344. The molecular formula is C8H4Br2FN. The Labute approximate surface area is 86.5 Å². The molecule has 0 heterocycles. The molecule has 1 aromatic carbocycles. The van der Waals surface area contributed by atoms with Crippen molar-refractivity contribution >= 4 is 31.9 Å². The Morgan fingerprint density at radius 1 is 1.33 bits per heavy atom. The number of halogens is 3. The molecule has 0 N–H and O–H groups in total. The van der Waals surface area contributed by atoms with Gasteiger partial charge in [0.2, 0.25) is 0 Å². The highest BCUT2D eigenvalue weighted by Crippen LogP contribution is 2.25. The fourth-order valence-corrected chi connectivity index (χ4v) is 1.92. The van der Waals surface area contributed by atoms with Crippen molar-refractivity contribution in [3.63, 3.8) is 0 Å². The number of rotatable bonds is 1. The Kier molecular flexibility index (Phi) is 3.24. The van der Waals surface area contributed by atoms with Crippen LogP contribution in [0.25, 0.3) is 0 Å². The standard InChI is InChI=1S/C8H4Br2FN/c9-6-4-7(10)8(11)3-5(6)1-2-12/h3-4H,1H2. The number of nitriles is 1. The van der Waals surface area contributed by atoms with Gasteiger partial charge in [0.1, 0.15) is 5.82 Å². The topological polar surface area (TPSA) is 23.8 Å². The van der Waals surface area contributed by atoms with Gasteiger partial charge in [-0.2, -0.15) is 5.26 Å². The Hall–Kier alpha value is -0.400. The lowest BCUT2D eigenvalue weighted by atomic mass is 10.2. The molecule has 0 aromatic heterocycles. The van der Waals surface area contributed by atoms with Gasteiger partial charge in [-0.25, -0.2) is 4.39 Å². The SMILES string of the molecule is N#CCc1cc(F)c(Br)cc1Br. The molecular weight excluding hydrogens is 289 g/mol. The van der Waals surface area contributed by atoms with E-state index >= 15 is 0 Å². The van der Waals surface area contributed by atoms with Gasteiger partial charge >= 0.3 is 0 Å². The normalized spacial score (nSPS) is 9.50. The molecule has 0 radical (unpaired) electrons. The van der Waals surface area contributed by atoms with Gasteiger partial charge in [0, 0.05) is 4.47 Å². The molecule has 0 saturated heterocycles. The second-order valence-electron chi connectivity index (χ2n) is 2.19. The van der Waals surface area contributed by atoms with E-state index in [2.05, 4.69) is 31.9 Å². The molecule has 1 aromatic rings. The summed E-state index contributed by atoms with van der Waals surface area (Å²) in [5.74, 6) is -0.344. The largest absolute Gasteiger partial charge is 0.206 e. The van der Waals surface area contributed by atoms with E-state index in [1.807, 2.05) is 6.07 Å². The summed E-state index contributed by atoms with van der Waals surface area (Å²) in [5, 5.41) is 8.40. The molecule has 12 heavy (non-hydrogen) atoms. The molecule has 4 heteroatoms. The number of nitrogens with zero attached hydrogens (tertiary/aromatic N) is 1. The molecule has 0 amide bonds. The van der Waals surface area contributed by atoms with E-state index in [9.17, 15) is 4.39 Å². The van der Waals surface area contributed by atoms with Crippen LogP contribution in [0.4, 0.5) is 4.39 Å². The van der Waals surface area contributed by atoms with Crippen LogP contribution in [0.2, 0.25) is 0 Å². The second-order valence-corrected chi connectivity index (χ2v) is 3.90. The maximum absolute atomic E-state index is 12.9. The average Bonchev–Trinajstić information content (AvgIpc) is 2.01. The van der Waals surface area contributed by atoms with Crippen molar-refractivity contribution < 1.29 is 4.39 Å². The first-order valence-corrected chi connectivity index (χ1v) is 4.74. The zero-order chi connectivity index (χ0) is 9.14. The van der Waals surface area contributed by atoms with Crippen LogP contribution in [-0.2, 0) is 6.42 Å². The fraction of sp³-hybridized carbons (Fsp3) is 0.125. The van der Waals surface area contributed by atoms with E-state index in [-0.39, 0.29) is 12.2 Å². The molecule has 0 fully saturated rings. The molecule has 62 valence electrons. The van der Waals surface area contributed by atoms with Gasteiger partial charge in [-0.1, -0.05) is 15.9 Å². The lowest BCUT2D eigenvalue weighted by Crippen LogP contribution is -1.87. The third kappa shape index (κ3) is 2.05. The van der Waals surface area contributed by atoms with Gasteiger partial charge in [-0.05, 0) is 33.6 Å². The zero-order valence-corrected chi connectivity index (χ0v) is 9.11. The first-order chi connectivity index (χ1) is 5.65. The van der Waals surface area contributed by atoms with Crippen molar-refractivity contribution in [2.75, 3.05) is 0 Å². The molecule has 0 atom stereocenters. The van der Waals surface area contributed by atoms with Gasteiger partial charge in [-0.3, -0.25) is 0 Å². The van der Waals surface area contributed by atoms with E-state index in [0.29, 0.717) is 10.0 Å². The first kappa shape index (κ1) is 9.69. The van der Waals surface area contributed by atoms with Crippen molar-refractivity contribution in [3.8, 4) is 6.07 Å². The molecule has 1 nitrogen and oxygen atoms in total. The summed E-state index contributed by atoms with van der Waals surface area (Å²) in [6, 6.07) is 4.90. The quantitative estimate of drug-likeness (QED) is 0.728. The minimum atomic E-state index is -0.344.